The minimum absolute atomic E-state index is 0.806. The summed E-state index contributed by atoms with van der Waals surface area (Å²) < 4.78 is 4.46. The molecule has 34 heavy (non-hydrogen) atoms. The Hall–Kier alpha value is -4.70. The van der Waals surface area contributed by atoms with Crippen molar-refractivity contribution in [3.63, 3.8) is 0 Å². The lowest BCUT2D eigenvalue weighted by molar-refractivity contribution is 0.941. The van der Waals surface area contributed by atoms with Gasteiger partial charge in [0.05, 0.1) is 22.2 Å². The van der Waals surface area contributed by atoms with Gasteiger partial charge in [0, 0.05) is 33.6 Å². The zero-order valence-electron chi connectivity index (χ0n) is 18.3. The van der Waals surface area contributed by atoms with Crippen molar-refractivity contribution in [2.45, 2.75) is 0 Å². The van der Waals surface area contributed by atoms with Crippen LogP contribution in [-0.4, -0.2) is 19.3 Å². The second-order valence-electron chi connectivity index (χ2n) is 8.41. The quantitative estimate of drug-likeness (QED) is 0.294. The van der Waals surface area contributed by atoms with E-state index in [0.29, 0.717) is 0 Å². The molecule has 4 nitrogen and oxygen atoms in total. The summed E-state index contributed by atoms with van der Waals surface area (Å²) in [5, 5.41) is 12.7. The van der Waals surface area contributed by atoms with Crippen LogP contribution in [0.5, 0.6) is 0 Å². The molecule has 0 bridgehead atoms. The lowest BCUT2D eigenvalue weighted by atomic mass is 10.1. The first-order valence-corrected chi connectivity index (χ1v) is 11.4. The van der Waals surface area contributed by atoms with E-state index >= 15 is 0 Å². The zero-order valence-corrected chi connectivity index (χ0v) is 18.3. The van der Waals surface area contributed by atoms with Crippen LogP contribution >= 0.6 is 0 Å². The third-order valence-corrected chi connectivity index (χ3v) is 6.49. The maximum atomic E-state index is 4.55. The van der Waals surface area contributed by atoms with Gasteiger partial charge in [-0.1, -0.05) is 66.7 Å². The normalized spacial score (nSPS) is 11.5. The van der Waals surface area contributed by atoms with Gasteiger partial charge in [-0.3, -0.25) is 4.57 Å². The van der Waals surface area contributed by atoms with E-state index in [1.54, 1.807) is 0 Å². The standard InChI is InChI=1S/C30H20N4/c1-3-9-21(10-4-1)25-15-18-29(32-31-25)33-20-19-24-26(33)16-17-28-30(24)23-13-7-8-14-27(23)34(28)22-11-5-2-6-12-22/h1-20H. The highest BCUT2D eigenvalue weighted by molar-refractivity contribution is 6.21. The van der Waals surface area contributed by atoms with Gasteiger partial charge in [0.2, 0.25) is 0 Å². The Bertz CT molecular complexity index is 1780. The van der Waals surface area contributed by atoms with Crippen LogP contribution in [-0.2, 0) is 0 Å². The molecule has 0 saturated heterocycles. The molecule has 0 unspecified atom stereocenters. The molecule has 0 amide bonds. The van der Waals surface area contributed by atoms with Crippen molar-refractivity contribution in [3.05, 3.63) is 121 Å². The Labute approximate surface area is 196 Å². The van der Waals surface area contributed by atoms with Gasteiger partial charge in [-0.2, -0.15) is 0 Å². The van der Waals surface area contributed by atoms with E-state index in [0.717, 1.165) is 28.3 Å². The maximum absolute atomic E-state index is 4.55. The molecule has 3 aromatic heterocycles. The Morgan fingerprint density at radius 1 is 0.500 bits per heavy atom. The SMILES string of the molecule is c1ccc(-c2ccc(-n3ccc4c5c6ccccc6n(-c6ccccc6)c5ccc43)nn2)cc1. The molecule has 0 fully saturated rings. The van der Waals surface area contributed by atoms with Crippen LogP contribution in [0.25, 0.3) is 55.5 Å². The lowest BCUT2D eigenvalue weighted by Gasteiger charge is -2.08. The van der Waals surface area contributed by atoms with E-state index in [9.17, 15) is 0 Å². The summed E-state index contributed by atoms with van der Waals surface area (Å²) >= 11 is 0. The van der Waals surface area contributed by atoms with Crippen LogP contribution in [0.1, 0.15) is 0 Å². The van der Waals surface area contributed by atoms with Gasteiger partial charge in [0.15, 0.2) is 5.82 Å². The fourth-order valence-corrected chi connectivity index (χ4v) is 4.96. The van der Waals surface area contributed by atoms with E-state index in [1.807, 2.05) is 42.5 Å². The third-order valence-electron chi connectivity index (χ3n) is 6.49. The Morgan fingerprint density at radius 2 is 1.21 bits per heavy atom. The van der Waals surface area contributed by atoms with Gasteiger partial charge in [0.25, 0.3) is 0 Å². The van der Waals surface area contributed by atoms with Crippen molar-refractivity contribution in [1.29, 1.82) is 0 Å². The molecule has 0 spiro atoms. The molecular formula is C30H20N4. The fourth-order valence-electron chi connectivity index (χ4n) is 4.96. The van der Waals surface area contributed by atoms with Crippen LogP contribution in [0.4, 0.5) is 0 Å². The predicted molar refractivity (Wildman–Crippen MR) is 139 cm³/mol. The van der Waals surface area contributed by atoms with Gasteiger partial charge in [-0.25, -0.2) is 0 Å². The lowest BCUT2D eigenvalue weighted by Crippen LogP contribution is -1.98. The van der Waals surface area contributed by atoms with Crippen LogP contribution < -0.4 is 0 Å². The largest absolute Gasteiger partial charge is 0.309 e. The average molecular weight is 437 g/mol. The minimum Gasteiger partial charge on any atom is -0.309 e. The van der Waals surface area contributed by atoms with Crippen molar-refractivity contribution in [2.75, 3.05) is 0 Å². The van der Waals surface area contributed by atoms with Gasteiger partial charge in [-0.05, 0) is 48.5 Å². The Balaban J connectivity index is 1.44. The molecule has 3 heterocycles. The van der Waals surface area contributed by atoms with E-state index < -0.39 is 0 Å². The number of benzene rings is 4. The van der Waals surface area contributed by atoms with Crippen molar-refractivity contribution >= 4 is 32.7 Å². The highest BCUT2D eigenvalue weighted by Crippen LogP contribution is 2.37. The summed E-state index contributed by atoms with van der Waals surface area (Å²) in [6.07, 6.45) is 2.09. The van der Waals surface area contributed by atoms with Crippen molar-refractivity contribution in [2.24, 2.45) is 0 Å². The van der Waals surface area contributed by atoms with Crippen molar-refractivity contribution in [1.82, 2.24) is 19.3 Å². The molecule has 7 aromatic rings. The van der Waals surface area contributed by atoms with Crippen molar-refractivity contribution in [3.8, 4) is 22.8 Å². The molecule has 7 rings (SSSR count). The number of hydrogen-bond acceptors (Lipinski definition) is 2. The number of fused-ring (bicyclic) bond motifs is 5. The smallest absolute Gasteiger partial charge is 0.159 e. The summed E-state index contributed by atoms with van der Waals surface area (Å²) in [4.78, 5) is 0. The number of para-hydroxylation sites is 2. The Morgan fingerprint density at radius 3 is 2.00 bits per heavy atom. The summed E-state index contributed by atoms with van der Waals surface area (Å²) in [6.45, 7) is 0. The molecule has 0 radical (unpaired) electrons. The van der Waals surface area contributed by atoms with Gasteiger partial charge < -0.3 is 4.57 Å². The topological polar surface area (TPSA) is 35.6 Å². The van der Waals surface area contributed by atoms with E-state index in [4.69, 9.17) is 0 Å². The molecule has 4 aromatic carbocycles. The van der Waals surface area contributed by atoms with E-state index in [2.05, 4.69) is 98.3 Å². The number of nitrogens with zero attached hydrogens (tertiary/aromatic N) is 4. The van der Waals surface area contributed by atoms with E-state index in [1.165, 1.54) is 27.2 Å². The highest BCUT2D eigenvalue weighted by Gasteiger charge is 2.16. The maximum Gasteiger partial charge on any atom is 0.159 e. The molecule has 0 aliphatic heterocycles. The molecule has 0 aliphatic carbocycles. The van der Waals surface area contributed by atoms with Gasteiger partial charge >= 0.3 is 0 Å². The van der Waals surface area contributed by atoms with Gasteiger partial charge in [-0.15, -0.1) is 10.2 Å². The Kier molecular flexibility index (Phi) is 4.11. The van der Waals surface area contributed by atoms with E-state index in [-0.39, 0.29) is 0 Å². The van der Waals surface area contributed by atoms with Crippen LogP contribution in [0.2, 0.25) is 0 Å². The second kappa shape index (κ2) is 7.42. The summed E-state index contributed by atoms with van der Waals surface area (Å²) in [7, 11) is 0. The number of aromatic nitrogens is 4. The summed E-state index contributed by atoms with van der Waals surface area (Å²) in [5.41, 5.74) is 6.61. The predicted octanol–water partition coefficient (Wildman–Crippen LogP) is 7.18. The van der Waals surface area contributed by atoms with Crippen LogP contribution in [0.3, 0.4) is 0 Å². The molecular weight excluding hydrogens is 416 g/mol. The van der Waals surface area contributed by atoms with Crippen LogP contribution in [0.15, 0.2) is 121 Å². The summed E-state index contributed by atoms with van der Waals surface area (Å²) in [5.74, 6) is 0.806. The molecule has 0 saturated carbocycles. The average Bonchev–Trinajstić information content (AvgIpc) is 3.49. The first-order valence-electron chi connectivity index (χ1n) is 11.4. The molecule has 0 aliphatic rings. The minimum atomic E-state index is 0.806. The molecule has 0 atom stereocenters. The van der Waals surface area contributed by atoms with Crippen LogP contribution in [0, 0.1) is 0 Å². The zero-order chi connectivity index (χ0) is 22.5. The number of rotatable bonds is 3. The second-order valence-corrected chi connectivity index (χ2v) is 8.41. The first-order chi connectivity index (χ1) is 16.9. The fraction of sp³-hybridized carbons (Fsp3) is 0. The highest BCUT2D eigenvalue weighted by atomic mass is 15.2. The molecule has 160 valence electrons. The molecule has 4 heteroatoms. The molecule has 0 N–H and O–H groups in total. The monoisotopic (exact) mass is 436 g/mol. The first kappa shape index (κ1) is 18.8. The third kappa shape index (κ3) is 2.79. The van der Waals surface area contributed by atoms with Gasteiger partial charge in [0.1, 0.15) is 0 Å². The van der Waals surface area contributed by atoms with Crippen molar-refractivity contribution < 1.29 is 0 Å². The summed E-state index contributed by atoms with van der Waals surface area (Å²) in [6, 6.07) is 40.0. The number of hydrogen-bond donors (Lipinski definition) is 0.